The van der Waals surface area contributed by atoms with E-state index in [4.69, 9.17) is 9.84 Å². The minimum absolute atomic E-state index is 0.0968. The minimum Gasteiger partial charge on any atom is -0.493 e. The van der Waals surface area contributed by atoms with E-state index in [-0.39, 0.29) is 5.56 Å². The number of carboxylic acids is 1. The van der Waals surface area contributed by atoms with E-state index in [1.807, 2.05) is 12.1 Å². The van der Waals surface area contributed by atoms with E-state index in [1.165, 1.54) is 11.8 Å². The van der Waals surface area contributed by atoms with Crippen molar-refractivity contribution in [3.63, 3.8) is 0 Å². The van der Waals surface area contributed by atoms with E-state index in [2.05, 4.69) is 9.97 Å². The lowest BCUT2D eigenvalue weighted by Crippen LogP contribution is -2.06. The lowest BCUT2D eigenvalue weighted by molar-refractivity contribution is 0.0691. The van der Waals surface area contributed by atoms with E-state index in [0.29, 0.717) is 12.4 Å². The van der Waals surface area contributed by atoms with Gasteiger partial charge in [-0.2, -0.15) is 0 Å². The van der Waals surface area contributed by atoms with Crippen LogP contribution in [-0.4, -0.2) is 27.7 Å². The fraction of sp³-hybridized carbons (Fsp3) is 0.267. The van der Waals surface area contributed by atoms with E-state index in [1.54, 1.807) is 25.4 Å². The standard InChI is InChI=1S/C15H16N2O3/c1-11-9-14(13(10-17-11)15(18)19)20-8-2-3-12-4-6-16-7-5-12/h4-7,9-10H,2-3,8H2,1H3,(H,18,19). The molecule has 0 unspecified atom stereocenters. The molecule has 2 aromatic rings. The van der Waals surface area contributed by atoms with Crippen LogP contribution < -0.4 is 4.74 Å². The predicted molar refractivity (Wildman–Crippen MR) is 74.0 cm³/mol. The third-order valence-electron chi connectivity index (χ3n) is 2.85. The molecule has 0 aliphatic carbocycles. The third-order valence-corrected chi connectivity index (χ3v) is 2.85. The summed E-state index contributed by atoms with van der Waals surface area (Å²) in [6, 6.07) is 5.56. The first-order valence-electron chi connectivity index (χ1n) is 6.38. The lowest BCUT2D eigenvalue weighted by Gasteiger charge is -2.09. The number of ether oxygens (including phenoxy) is 1. The average molecular weight is 272 g/mol. The second-order valence-electron chi connectivity index (χ2n) is 4.43. The van der Waals surface area contributed by atoms with Crippen LogP contribution in [0.25, 0.3) is 0 Å². The molecule has 0 atom stereocenters. The molecule has 0 bridgehead atoms. The summed E-state index contributed by atoms with van der Waals surface area (Å²) in [5, 5.41) is 9.06. The Morgan fingerprint density at radius 3 is 2.80 bits per heavy atom. The summed E-state index contributed by atoms with van der Waals surface area (Å²) in [7, 11) is 0. The maximum atomic E-state index is 11.1. The van der Waals surface area contributed by atoms with Gasteiger partial charge in [0.2, 0.25) is 0 Å². The van der Waals surface area contributed by atoms with Gasteiger partial charge >= 0.3 is 5.97 Å². The first-order chi connectivity index (χ1) is 9.66. The Labute approximate surface area is 117 Å². The smallest absolute Gasteiger partial charge is 0.341 e. The number of pyridine rings is 2. The Kier molecular flexibility index (Phi) is 4.65. The molecule has 0 saturated carbocycles. The fourth-order valence-corrected chi connectivity index (χ4v) is 1.82. The lowest BCUT2D eigenvalue weighted by atomic mass is 10.1. The quantitative estimate of drug-likeness (QED) is 0.818. The van der Waals surface area contributed by atoms with Crippen LogP contribution in [0.4, 0.5) is 0 Å². The van der Waals surface area contributed by atoms with Gasteiger partial charge in [-0.25, -0.2) is 4.79 Å². The second kappa shape index (κ2) is 6.65. The molecule has 5 nitrogen and oxygen atoms in total. The summed E-state index contributed by atoms with van der Waals surface area (Å²) < 4.78 is 5.56. The maximum Gasteiger partial charge on any atom is 0.341 e. The molecule has 0 fully saturated rings. The van der Waals surface area contributed by atoms with Gasteiger partial charge in [-0.05, 0) is 37.5 Å². The van der Waals surface area contributed by atoms with Gasteiger partial charge in [-0.15, -0.1) is 0 Å². The Balaban J connectivity index is 1.91. The summed E-state index contributed by atoms with van der Waals surface area (Å²) in [6.45, 7) is 2.27. The Bertz CT molecular complexity index is 585. The molecule has 104 valence electrons. The summed E-state index contributed by atoms with van der Waals surface area (Å²) in [4.78, 5) is 19.0. The van der Waals surface area contributed by atoms with Gasteiger partial charge in [-0.1, -0.05) is 0 Å². The van der Waals surface area contributed by atoms with Crippen LogP contribution in [0, 0.1) is 6.92 Å². The van der Waals surface area contributed by atoms with Crippen LogP contribution in [0.1, 0.15) is 28.0 Å². The zero-order valence-corrected chi connectivity index (χ0v) is 11.2. The highest BCUT2D eigenvalue weighted by Crippen LogP contribution is 2.19. The molecule has 0 saturated heterocycles. The molecule has 5 heteroatoms. The van der Waals surface area contributed by atoms with Crippen LogP contribution in [0.3, 0.4) is 0 Å². The Hall–Kier alpha value is -2.43. The van der Waals surface area contributed by atoms with Gasteiger partial charge in [0.15, 0.2) is 0 Å². The summed E-state index contributed by atoms with van der Waals surface area (Å²) in [6.07, 6.45) is 6.52. The van der Waals surface area contributed by atoms with E-state index in [9.17, 15) is 4.79 Å². The van der Waals surface area contributed by atoms with Crippen molar-refractivity contribution in [1.82, 2.24) is 9.97 Å². The molecule has 0 spiro atoms. The monoisotopic (exact) mass is 272 g/mol. The molecule has 1 N–H and O–H groups in total. The van der Waals surface area contributed by atoms with Crippen LogP contribution in [-0.2, 0) is 6.42 Å². The zero-order chi connectivity index (χ0) is 14.4. The number of carboxylic acid groups (broad SMARTS) is 1. The van der Waals surface area contributed by atoms with Crippen molar-refractivity contribution in [1.29, 1.82) is 0 Å². The summed E-state index contributed by atoms with van der Waals surface area (Å²) in [5.74, 6) is -0.652. The fourth-order valence-electron chi connectivity index (χ4n) is 1.82. The largest absolute Gasteiger partial charge is 0.493 e. The molecule has 0 aromatic carbocycles. The number of rotatable bonds is 6. The summed E-state index contributed by atoms with van der Waals surface area (Å²) >= 11 is 0. The normalized spacial score (nSPS) is 10.2. The van der Waals surface area contributed by atoms with Crippen molar-refractivity contribution in [3.8, 4) is 5.75 Å². The number of aryl methyl sites for hydroxylation is 2. The van der Waals surface area contributed by atoms with Crippen LogP contribution in [0.15, 0.2) is 36.8 Å². The van der Waals surface area contributed by atoms with Crippen molar-refractivity contribution in [3.05, 3.63) is 53.6 Å². The van der Waals surface area contributed by atoms with Crippen LogP contribution in [0.5, 0.6) is 5.75 Å². The van der Waals surface area contributed by atoms with Crippen molar-refractivity contribution in [2.45, 2.75) is 19.8 Å². The van der Waals surface area contributed by atoms with Gasteiger partial charge in [0.1, 0.15) is 11.3 Å². The van der Waals surface area contributed by atoms with Gasteiger partial charge in [-0.3, -0.25) is 9.97 Å². The molecule has 2 aromatic heterocycles. The highest BCUT2D eigenvalue weighted by molar-refractivity contribution is 5.90. The highest BCUT2D eigenvalue weighted by atomic mass is 16.5. The predicted octanol–water partition coefficient (Wildman–Crippen LogP) is 2.49. The van der Waals surface area contributed by atoms with Crippen LogP contribution >= 0.6 is 0 Å². The third kappa shape index (κ3) is 3.78. The minimum atomic E-state index is -1.03. The van der Waals surface area contributed by atoms with Crippen molar-refractivity contribution < 1.29 is 14.6 Å². The van der Waals surface area contributed by atoms with Gasteiger partial charge < -0.3 is 9.84 Å². The van der Waals surface area contributed by atoms with E-state index >= 15 is 0 Å². The van der Waals surface area contributed by atoms with Crippen molar-refractivity contribution in [2.24, 2.45) is 0 Å². The second-order valence-corrected chi connectivity index (χ2v) is 4.43. The molecule has 20 heavy (non-hydrogen) atoms. The van der Waals surface area contributed by atoms with Crippen molar-refractivity contribution in [2.75, 3.05) is 6.61 Å². The SMILES string of the molecule is Cc1cc(OCCCc2ccncc2)c(C(=O)O)cn1. The number of carbonyl (C=O) groups is 1. The first-order valence-corrected chi connectivity index (χ1v) is 6.38. The maximum absolute atomic E-state index is 11.1. The number of aromatic nitrogens is 2. The highest BCUT2D eigenvalue weighted by Gasteiger charge is 2.12. The first kappa shape index (κ1) is 14.0. The van der Waals surface area contributed by atoms with E-state index in [0.717, 1.165) is 18.5 Å². The van der Waals surface area contributed by atoms with Gasteiger partial charge in [0.25, 0.3) is 0 Å². The van der Waals surface area contributed by atoms with Gasteiger partial charge in [0.05, 0.1) is 6.61 Å². The summed E-state index contributed by atoms with van der Waals surface area (Å²) in [5.41, 5.74) is 2.02. The number of hydrogen-bond acceptors (Lipinski definition) is 4. The number of hydrogen-bond donors (Lipinski definition) is 1. The van der Waals surface area contributed by atoms with Crippen LogP contribution in [0.2, 0.25) is 0 Å². The van der Waals surface area contributed by atoms with E-state index < -0.39 is 5.97 Å². The zero-order valence-electron chi connectivity index (χ0n) is 11.2. The molecule has 0 radical (unpaired) electrons. The topological polar surface area (TPSA) is 72.3 Å². The molecular weight excluding hydrogens is 256 g/mol. The average Bonchev–Trinajstić information content (AvgIpc) is 2.44. The van der Waals surface area contributed by atoms with Crippen molar-refractivity contribution >= 4 is 5.97 Å². The number of nitrogens with zero attached hydrogens (tertiary/aromatic N) is 2. The molecule has 2 heterocycles. The molecule has 0 aliphatic heterocycles. The molecule has 2 rings (SSSR count). The molecule has 0 amide bonds. The number of aromatic carboxylic acids is 1. The Morgan fingerprint density at radius 1 is 1.35 bits per heavy atom. The molecular formula is C15H16N2O3. The molecule has 0 aliphatic rings. The van der Waals surface area contributed by atoms with Gasteiger partial charge in [0, 0.05) is 30.4 Å². The Morgan fingerprint density at radius 2 is 2.10 bits per heavy atom.